The van der Waals surface area contributed by atoms with Crippen LogP contribution in [0.25, 0.3) is 12.2 Å². The number of rotatable bonds is 6. The van der Waals surface area contributed by atoms with E-state index in [1.54, 1.807) is 0 Å². The minimum Gasteiger partial charge on any atom is -0.478 e. The van der Waals surface area contributed by atoms with Crippen molar-refractivity contribution < 1.29 is 39.6 Å². The average molecular weight is 356 g/mol. The summed E-state index contributed by atoms with van der Waals surface area (Å²) in [5, 5.41) is 36.5. The summed E-state index contributed by atoms with van der Waals surface area (Å²) in [4.78, 5) is 44.9. The standard InChI is InChI=1S/C18H12O8/c19-15(20)11-7-5-9(13(8-11)17(23)24)4-6-10-2-1-3-12(16(21)22)14(10)18(25)26/h1-8H,(H,19,20)(H,21,22)(H,23,24)(H,25,26)/b6-4+. The molecule has 0 amide bonds. The molecule has 8 nitrogen and oxygen atoms in total. The average Bonchev–Trinajstić information content (AvgIpc) is 2.58. The summed E-state index contributed by atoms with van der Waals surface area (Å²) >= 11 is 0. The van der Waals surface area contributed by atoms with Crippen LogP contribution in [0.4, 0.5) is 0 Å². The minimum absolute atomic E-state index is 0.0658. The number of aromatic carboxylic acids is 4. The van der Waals surface area contributed by atoms with Crippen LogP contribution in [0.5, 0.6) is 0 Å². The van der Waals surface area contributed by atoms with E-state index in [0.717, 1.165) is 12.1 Å². The van der Waals surface area contributed by atoms with Gasteiger partial charge in [0.05, 0.1) is 22.3 Å². The highest BCUT2D eigenvalue weighted by Crippen LogP contribution is 2.20. The van der Waals surface area contributed by atoms with E-state index < -0.39 is 35.0 Å². The Morgan fingerprint density at radius 3 is 1.81 bits per heavy atom. The van der Waals surface area contributed by atoms with Gasteiger partial charge in [0.2, 0.25) is 0 Å². The van der Waals surface area contributed by atoms with Crippen molar-refractivity contribution in [2.45, 2.75) is 0 Å². The Hall–Kier alpha value is -3.94. The first-order valence-electron chi connectivity index (χ1n) is 7.10. The van der Waals surface area contributed by atoms with Gasteiger partial charge in [-0.25, -0.2) is 19.2 Å². The molecule has 0 aliphatic heterocycles. The van der Waals surface area contributed by atoms with Crippen LogP contribution < -0.4 is 0 Å². The number of hydrogen-bond donors (Lipinski definition) is 4. The van der Waals surface area contributed by atoms with Crippen LogP contribution in [0.3, 0.4) is 0 Å². The maximum atomic E-state index is 11.4. The predicted molar refractivity (Wildman–Crippen MR) is 89.6 cm³/mol. The van der Waals surface area contributed by atoms with Crippen molar-refractivity contribution in [2.75, 3.05) is 0 Å². The van der Waals surface area contributed by atoms with Crippen molar-refractivity contribution >= 4 is 36.0 Å². The number of carbonyl (C=O) groups is 4. The van der Waals surface area contributed by atoms with Crippen LogP contribution >= 0.6 is 0 Å². The molecule has 2 aromatic rings. The summed E-state index contributed by atoms with van der Waals surface area (Å²) in [5.74, 6) is -5.49. The molecule has 4 N–H and O–H groups in total. The van der Waals surface area contributed by atoms with E-state index in [0.29, 0.717) is 0 Å². The first-order valence-corrected chi connectivity index (χ1v) is 7.10. The van der Waals surface area contributed by atoms with E-state index in [1.807, 2.05) is 0 Å². The summed E-state index contributed by atoms with van der Waals surface area (Å²) in [6.45, 7) is 0. The van der Waals surface area contributed by atoms with E-state index in [9.17, 15) is 29.4 Å². The molecule has 0 heterocycles. The highest BCUT2D eigenvalue weighted by Gasteiger charge is 2.19. The summed E-state index contributed by atoms with van der Waals surface area (Å²) in [6.07, 6.45) is 2.54. The fraction of sp³-hybridized carbons (Fsp3) is 0. The van der Waals surface area contributed by atoms with Crippen molar-refractivity contribution in [2.24, 2.45) is 0 Å². The number of carboxylic acid groups (broad SMARTS) is 4. The number of carboxylic acids is 4. The Kier molecular flexibility index (Phi) is 5.17. The van der Waals surface area contributed by atoms with Crippen LogP contribution in [0.15, 0.2) is 36.4 Å². The zero-order valence-corrected chi connectivity index (χ0v) is 13.0. The third-order valence-electron chi connectivity index (χ3n) is 3.51. The molecule has 0 unspecified atom stereocenters. The van der Waals surface area contributed by atoms with Crippen LogP contribution in [0.2, 0.25) is 0 Å². The largest absolute Gasteiger partial charge is 0.478 e. The van der Waals surface area contributed by atoms with Gasteiger partial charge < -0.3 is 20.4 Å². The first kappa shape index (κ1) is 18.4. The van der Waals surface area contributed by atoms with E-state index in [-0.39, 0.29) is 22.3 Å². The fourth-order valence-electron chi connectivity index (χ4n) is 2.33. The summed E-state index contributed by atoms with van der Waals surface area (Å²) in [6, 6.07) is 7.34. The predicted octanol–water partition coefficient (Wildman–Crippen LogP) is 2.65. The third kappa shape index (κ3) is 3.75. The molecule has 132 valence electrons. The van der Waals surface area contributed by atoms with Crippen LogP contribution in [0, 0.1) is 0 Å². The number of hydrogen-bond acceptors (Lipinski definition) is 4. The maximum Gasteiger partial charge on any atom is 0.337 e. The molecule has 0 aliphatic carbocycles. The molecule has 0 atom stereocenters. The van der Waals surface area contributed by atoms with Gasteiger partial charge >= 0.3 is 23.9 Å². The molecular weight excluding hydrogens is 344 g/mol. The second-order valence-electron chi connectivity index (χ2n) is 5.13. The van der Waals surface area contributed by atoms with Gasteiger partial charge in [0.1, 0.15) is 0 Å². The van der Waals surface area contributed by atoms with Crippen molar-refractivity contribution in [3.63, 3.8) is 0 Å². The van der Waals surface area contributed by atoms with Gasteiger partial charge in [-0.1, -0.05) is 30.4 Å². The van der Waals surface area contributed by atoms with Crippen molar-refractivity contribution in [3.8, 4) is 0 Å². The van der Waals surface area contributed by atoms with E-state index in [2.05, 4.69) is 0 Å². The molecule has 26 heavy (non-hydrogen) atoms. The molecular formula is C18H12O8. The minimum atomic E-state index is -1.44. The molecule has 8 heteroatoms. The van der Waals surface area contributed by atoms with Crippen LogP contribution in [-0.2, 0) is 0 Å². The Morgan fingerprint density at radius 2 is 1.27 bits per heavy atom. The molecule has 0 bridgehead atoms. The van der Waals surface area contributed by atoms with Gasteiger partial charge in [-0.3, -0.25) is 0 Å². The summed E-state index contributed by atoms with van der Waals surface area (Å²) < 4.78 is 0. The highest BCUT2D eigenvalue weighted by atomic mass is 16.4. The number of benzene rings is 2. The zero-order valence-electron chi connectivity index (χ0n) is 13.0. The lowest BCUT2D eigenvalue weighted by Crippen LogP contribution is -2.09. The van der Waals surface area contributed by atoms with Crippen molar-refractivity contribution in [1.29, 1.82) is 0 Å². The Bertz CT molecular complexity index is 956. The molecule has 0 saturated heterocycles. The van der Waals surface area contributed by atoms with E-state index in [1.165, 1.54) is 36.4 Å². The quantitative estimate of drug-likeness (QED) is 0.577. The SMILES string of the molecule is O=C(O)c1ccc(/C=C/c2cccc(C(=O)O)c2C(=O)O)c(C(=O)O)c1. The fourth-order valence-corrected chi connectivity index (χ4v) is 2.33. The summed E-state index contributed by atoms with van der Waals surface area (Å²) in [7, 11) is 0. The summed E-state index contributed by atoms with van der Waals surface area (Å²) in [5.41, 5.74) is -1.13. The molecule has 2 rings (SSSR count). The normalized spacial score (nSPS) is 10.6. The lowest BCUT2D eigenvalue weighted by Gasteiger charge is -2.06. The van der Waals surface area contributed by atoms with Gasteiger partial charge in [-0.15, -0.1) is 0 Å². The smallest absolute Gasteiger partial charge is 0.337 e. The first-order chi connectivity index (χ1) is 12.2. The monoisotopic (exact) mass is 356 g/mol. The van der Waals surface area contributed by atoms with Gasteiger partial charge in [0.25, 0.3) is 0 Å². The Labute approximate surface area is 146 Å². The molecule has 0 aliphatic rings. The highest BCUT2D eigenvalue weighted by molar-refractivity contribution is 6.05. The lowest BCUT2D eigenvalue weighted by molar-refractivity contribution is 0.0651. The molecule has 0 radical (unpaired) electrons. The third-order valence-corrected chi connectivity index (χ3v) is 3.51. The molecule has 0 aromatic heterocycles. The molecule has 0 spiro atoms. The van der Waals surface area contributed by atoms with Crippen molar-refractivity contribution in [1.82, 2.24) is 0 Å². The molecule has 2 aromatic carbocycles. The second-order valence-corrected chi connectivity index (χ2v) is 5.13. The van der Waals surface area contributed by atoms with E-state index in [4.69, 9.17) is 10.2 Å². The van der Waals surface area contributed by atoms with Gasteiger partial charge in [-0.2, -0.15) is 0 Å². The van der Waals surface area contributed by atoms with Gasteiger partial charge in [0, 0.05) is 0 Å². The maximum absolute atomic E-state index is 11.4. The van der Waals surface area contributed by atoms with Crippen LogP contribution in [-0.4, -0.2) is 44.3 Å². The Balaban J connectivity index is 2.56. The van der Waals surface area contributed by atoms with E-state index >= 15 is 0 Å². The second kappa shape index (κ2) is 7.31. The lowest BCUT2D eigenvalue weighted by atomic mass is 9.98. The van der Waals surface area contributed by atoms with Gasteiger partial charge in [0.15, 0.2) is 0 Å². The van der Waals surface area contributed by atoms with Gasteiger partial charge in [-0.05, 0) is 29.3 Å². The van der Waals surface area contributed by atoms with Crippen LogP contribution in [0.1, 0.15) is 52.6 Å². The molecule has 0 fully saturated rings. The molecule has 0 saturated carbocycles. The van der Waals surface area contributed by atoms with Crippen molar-refractivity contribution in [3.05, 3.63) is 69.8 Å². The topological polar surface area (TPSA) is 149 Å². The zero-order chi connectivity index (χ0) is 19.4. The Morgan fingerprint density at radius 1 is 0.654 bits per heavy atom.